The van der Waals surface area contributed by atoms with Gasteiger partial charge in [0, 0.05) is 5.41 Å². The van der Waals surface area contributed by atoms with Crippen LogP contribution < -0.4 is 13.7 Å². The fourth-order valence-electron chi connectivity index (χ4n) is 3.94. The summed E-state index contributed by atoms with van der Waals surface area (Å²) in [5.74, 6) is 0.127. The average Bonchev–Trinajstić information content (AvgIpc) is 3.37. The van der Waals surface area contributed by atoms with E-state index in [2.05, 4.69) is 4.99 Å². The van der Waals surface area contributed by atoms with Crippen molar-refractivity contribution in [2.24, 2.45) is 4.99 Å². The summed E-state index contributed by atoms with van der Waals surface area (Å²) in [4.78, 5) is 18.6. The smallest absolute Gasteiger partial charge is 0.339 e. The summed E-state index contributed by atoms with van der Waals surface area (Å²) in [5.41, 5.74) is 2.25. The fraction of sp³-hybridized carbons (Fsp3) is 0.107. The number of methoxy groups -OCH3 is 1. The van der Waals surface area contributed by atoms with Crippen LogP contribution in [0, 0.1) is 5.41 Å². The number of carbonyl (C=O) groups is 1. The van der Waals surface area contributed by atoms with Gasteiger partial charge >= 0.3 is 10.1 Å². The number of benzene rings is 3. The van der Waals surface area contributed by atoms with E-state index in [9.17, 15) is 13.2 Å². The SMILES string of the molecule is CCOc1cc(/C=C2/C(=N)N3C(c4ccccc4)=CSC3=NC2=O)ccc1OS(=O)(=O)c1ccc(OC)cc1. The lowest BCUT2D eigenvalue weighted by Gasteiger charge is -2.27. The Morgan fingerprint density at radius 1 is 1.03 bits per heavy atom. The minimum atomic E-state index is -4.15. The van der Waals surface area contributed by atoms with E-state index in [0.29, 0.717) is 16.5 Å². The average molecular weight is 562 g/mol. The van der Waals surface area contributed by atoms with E-state index >= 15 is 0 Å². The van der Waals surface area contributed by atoms with Crippen molar-refractivity contribution in [3.05, 3.63) is 94.9 Å². The van der Waals surface area contributed by atoms with Crippen LogP contribution in [0.15, 0.2) is 93.7 Å². The highest BCUT2D eigenvalue weighted by atomic mass is 32.2. The van der Waals surface area contributed by atoms with Crippen LogP contribution in [0.4, 0.5) is 0 Å². The van der Waals surface area contributed by atoms with Gasteiger partial charge in [-0.15, -0.1) is 0 Å². The fourth-order valence-corrected chi connectivity index (χ4v) is 5.77. The molecule has 0 atom stereocenters. The van der Waals surface area contributed by atoms with Crippen LogP contribution in [0.2, 0.25) is 0 Å². The molecule has 5 rings (SSSR count). The first-order valence-electron chi connectivity index (χ1n) is 11.8. The van der Waals surface area contributed by atoms with Crippen molar-refractivity contribution in [1.29, 1.82) is 5.41 Å². The van der Waals surface area contributed by atoms with Crippen molar-refractivity contribution in [1.82, 2.24) is 4.90 Å². The zero-order chi connectivity index (χ0) is 27.6. The second-order valence-corrected chi connectivity index (χ2v) is 10.7. The van der Waals surface area contributed by atoms with Gasteiger partial charge in [0.1, 0.15) is 16.5 Å². The van der Waals surface area contributed by atoms with Crippen LogP contribution in [0.3, 0.4) is 0 Å². The van der Waals surface area contributed by atoms with Crippen molar-refractivity contribution < 1.29 is 26.9 Å². The molecule has 0 saturated carbocycles. The van der Waals surface area contributed by atoms with Gasteiger partial charge in [0.25, 0.3) is 5.91 Å². The first kappa shape index (κ1) is 26.3. The number of ether oxygens (including phenoxy) is 2. The van der Waals surface area contributed by atoms with Crippen LogP contribution in [-0.2, 0) is 14.9 Å². The maximum absolute atomic E-state index is 12.9. The Kier molecular flexibility index (Phi) is 7.27. The molecular formula is C28H23N3O6S2. The topological polar surface area (TPSA) is 118 Å². The summed E-state index contributed by atoms with van der Waals surface area (Å²) < 4.78 is 41.9. The number of rotatable bonds is 8. The lowest BCUT2D eigenvalue weighted by atomic mass is 10.1. The number of thioether (sulfide) groups is 1. The summed E-state index contributed by atoms with van der Waals surface area (Å²) in [5, 5.41) is 11.1. The lowest BCUT2D eigenvalue weighted by molar-refractivity contribution is -0.114. The number of nitrogens with one attached hydrogen (secondary N) is 1. The molecule has 0 bridgehead atoms. The van der Waals surface area contributed by atoms with Crippen LogP contribution in [-0.4, -0.2) is 43.9 Å². The third-order valence-electron chi connectivity index (χ3n) is 5.81. The van der Waals surface area contributed by atoms with E-state index in [4.69, 9.17) is 19.1 Å². The van der Waals surface area contributed by atoms with Gasteiger partial charge in [0.2, 0.25) is 0 Å². The van der Waals surface area contributed by atoms with Gasteiger partial charge in [-0.25, -0.2) is 0 Å². The molecule has 3 aromatic rings. The molecule has 0 radical (unpaired) electrons. The Morgan fingerprint density at radius 3 is 2.46 bits per heavy atom. The number of aliphatic imine (C=N–C) groups is 1. The highest BCUT2D eigenvalue weighted by molar-refractivity contribution is 8.17. The molecule has 2 aliphatic rings. The molecule has 39 heavy (non-hydrogen) atoms. The molecule has 198 valence electrons. The third kappa shape index (κ3) is 5.31. The highest BCUT2D eigenvalue weighted by Crippen LogP contribution is 2.38. The number of carbonyl (C=O) groups excluding carboxylic acids is 1. The predicted molar refractivity (Wildman–Crippen MR) is 150 cm³/mol. The standard InChI is InChI=1S/C28H23N3O6S2/c1-3-36-25-16-18(9-14-24(25)37-39(33,34)21-12-10-20(35-2)11-13-21)15-22-26(29)31-23(19-7-5-4-6-8-19)17-38-28(31)30-27(22)32/h4-17,29H,3H2,1-2H3/b22-15-,29-26?. The van der Waals surface area contributed by atoms with Crippen molar-refractivity contribution in [2.75, 3.05) is 13.7 Å². The molecule has 3 aromatic carbocycles. The normalized spacial score (nSPS) is 16.1. The van der Waals surface area contributed by atoms with Gasteiger partial charge in [-0.2, -0.15) is 13.4 Å². The van der Waals surface area contributed by atoms with E-state index < -0.39 is 16.0 Å². The Morgan fingerprint density at radius 2 is 1.77 bits per heavy atom. The minimum absolute atomic E-state index is 0.00882. The summed E-state index contributed by atoms with van der Waals surface area (Å²) >= 11 is 1.29. The van der Waals surface area contributed by atoms with E-state index in [-0.39, 0.29) is 34.4 Å². The zero-order valence-corrected chi connectivity index (χ0v) is 22.6. The largest absolute Gasteiger partial charge is 0.497 e. The monoisotopic (exact) mass is 561 g/mol. The van der Waals surface area contributed by atoms with Crippen molar-refractivity contribution in [3.8, 4) is 17.2 Å². The summed E-state index contributed by atoms with van der Waals surface area (Å²) in [6, 6.07) is 20.0. The van der Waals surface area contributed by atoms with E-state index in [1.54, 1.807) is 24.0 Å². The first-order chi connectivity index (χ1) is 18.8. The van der Waals surface area contributed by atoms with Crippen molar-refractivity contribution in [3.63, 3.8) is 0 Å². The predicted octanol–water partition coefficient (Wildman–Crippen LogP) is 5.17. The Hall–Kier alpha value is -4.35. The summed E-state index contributed by atoms with van der Waals surface area (Å²) in [6.45, 7) is 2.00. The number of nitrogens with zero attached hydrogens (tertiary/aromatic N) is 2. The summed E-state index contributed by atoms with van der Waals surface area (Å²) in [6.07, 6.45) is 1.53. The number of hydrogen-bond acceptors (Lipinski definition) is 8. The third-order valence-corrected chi connectivity index (χ3v) is 7.88. The molecule has 0 aliphatic carbocycles. The number of amidine groups is 2. The van der Waals surface area contributed by atoms with Gasteiger partial charge < -0.3 is 13.7 Å². The van der Waals surface area contributed by atoms with Gasteiger partial charge in [0.05, 0.1) is 25.0 Å². The molecule has 0 spiro atoms. The van der Waals surface area contributed by atoms with Crippen molar-refractivity contribution >= 4 is 50.6 Å². The molecule has 0 aromatic heterocycles. The van der Waals surface area contributed by atoms with E-state index in [1.165, 1.54) is 55.3 Å². The molecule has 1 amide bonds. The molecule has 0 unspecified atom stereocenters. The summed E-state index contributed by atoms with van der Waals surface area (Å²) in [7, 11) is -2.66. The van der Waals surface area contributed by atoms with E-state index in [0.717, 1.165) is 11.3 Å². The number of fused-ring (bicyclic) bond motifs is 1. The molecule has 2 heterocycles. The maximum atomic E-state index is 12.9. The molecule has 0 fully saturated rings. The van der Waals surface area contributed by atoms with E-state index in [1.807, 2.05) is 35.7 Å². The van der Waals surface area contributed by atoms with Crippen LogP contribution in [0.1, 0.15) is 18.1 Å². The molecule has 1 N–H and O–H groups in total. The Bertz CT molecular complexity index is 1650. The second-order valence-electron chi connectivity index (χ2n) is 8.28. The number of hydrogen-bond donors (Lipinski definition) is 1. The maximum Gasteiger partial charge on any atom is 0.339 e. The molecule has 11 heteroatoms. The Balaban J connectivity index is 1.44. The van der Waals surface area contributed by atoms with Crippen LogP contribution in [0.5, 0.6) is 17.2 Å². The van der Waals surface area contributed by atoms with Gasteiger partial charge in [0.15, 0.2) is 16.7 Å². The number of amides is 1. The van der Waals surface area contributed by atoms with Crippen LogP contribution >= 0.6 is 11.8 Å². The van der Waals surface area contributed by atoms with Gasteiger partial charge in [-0.05, 0) is 60.5 Å². The minimum Gasteiger partial charge on any atom is -0.497 e. The Labute approximate surface area is 230 Å². The highest BCUT2D eigenvalue weighted by Gasteiger charge is 2.36. The molecule has 2 aliphatic heterocycles. The zero-order valence-electron chi connectivity index (χ0n) is 21.0. The molecular weight excluding hydrogens is 538 g/mol. The van der Waals surface area contributed by atoms with Gasteiger partial charge in [-0.3, -0.25) is 15.1 Å². The lowest BCUT2D eigenvalue weighted by Crippen LogP contribution is -2.38. The van der Waals surface area contributed by atoms with Gasteiger partial charge in [-0.1, -0.05) is 48.2 Å². The quantitative estimate of drug-likeness (QED) is 0.296. The van der Waals surface area contributed by atoms with Crippen LogP contribution in [0.25, 0.3) is 11.8 Å². The molecule has 9 nitrogen and oxygen atoms in total. The van der Waals surface area contributed by atoms with Crippen molar-refractivity contribution in [2.45, 2.75) is 11.8 Å². The first-order valence-corrected chi connectivity index (χ1v) is 14.1. The molecule has 0 saturated heterocycles. The second kappa shape index (κ2) is 10.8.